The molecule has 16 heavy (non-hydrogen) atoms. The van der Waals surface area contributed by atoms with Crippen molar-refractivity contribution in [3.8, 4) is 11.5 Å². The Kier molecular flexibility index (Phi) is 3.46. The summed E-state index contributed by atoms with van der Waals surface area (Å²) >= 11 is 3.18. The number of benzene rings is 1. The van der Waals surface area contributed by atoms with Gasteiger partial charge in [-0.15, -0.1) is 0 Å². The number of nitrogens with zero attached hydrogens (tertiary/aromatic N) is 1. The molecule has 0 spiro atoms. The first-order valence-corrected chi connectivity index (χ1v) is 5.44. The van der Waals surface area contributed by atoms with Crippen LogP contribution in [0, 0.1) is 0 Å². The first kappa shape index (κ1) is 11.0. The Bertz CT molecular complexity index is 453. The lowest BCUT2D eigenvalue weighted by atomic mass is 10.3. The monoisotopic (exact) mass is 283 g/mol. The number of oxazole rings is 1. The highest BCUT2D eigenvalue weighted by molar-refractivity contribution is 9.10. The average molecular weight is 284 g/mol. The van der Waals surface area contributed by atoms with Crippen molar-refractivity contribution in [1.82, 2.24) is 4.98 Å². The predicted molar refractivity (Wildman–Crippen MR) is 61.5 cm³/mol. The first-order chi connectivity index (χ1) is 7.78. The van der Waals surface area contributed by atoms with Crippen LogP contribution in [-0.2, 0) is 6.61 Å². The van der Waals surface area contributed by atoms with E-state index < -0.39 is 0 Å². The van der Waals surface area contributed by atoms with Crippen LogP contribution >= 0.6 is 15.9 Å². The van der Waals surface area contributed by atoms with Gasteiger partial charge in [0, 0.05) is 0 Å². The van der Waals surface area contributed by atoms with Gasteiger partial charge < -0.3 is 13.9 Å². The molecule has 1 heterocycles. The van der Waals surface area contributed by atoms with Gasteiger partial charge in [0.1, 0.15) is 11.5 Å². The smallest absolute Gasteiger partial charge is 0.233 e. The maximum atomic E-state index is 5.47. The van der Waals surface area contributed by atoms with E-state index in [-0.39, 0.29) is 0 Å². The molecule has 84 valence electrons. The van der Waals surface area contributed by atoms with Crippen LogP contribution < -0.4 is 9.47 Å². The molecule has 0 saturated carbocycles. The summed E-state index contributed by atoms with van der Waals surface area (Å²) in [6.45, 7) is 0.304. The summed E-state index contributed by atoms with van der Waals surface area (Å²) in [6, 6.07) is 7.33. The molecule has 1 aromatic heterocycles. The third kappa shape index (κ3) is 2.76. The molecule has 0 aliphatic carbocycles. The molecule has 0 unspecified atom stereocenters. The molecular formula is C11H10BrNO3. The van der Waals surface area contributed by atoms with Crippen molar-refractivity contribution in [1.29, 1.82) is 0 Å². The van der Waals surface area contributed by atoms with Gasteiger partial charge in [-0.3, -0.25) is 0 Å². The zero-order chi connectivity index (χ0) is 11.4. The summed E-state index contributed by atoms with van der Waals surface area (Å²) < 4.78 is 16.3. The third-order valence-electron chi connectivity index (χ3n) is 1.95. The van der Waals surface area contributed by atoms with Crippen LogP contribution in [0.2, 0.25) is 0 Å². The van der Waals surface area contributed by atoms with Gasteiger partial charge in [0.05, 0.1) is 13.3 Å². The Hall–Kier alpha value is -1.49. The van der Waals surface area contributed by atoms with Gasteiger partial charge in [-0.25, -0.2) is 4.98 Å². The van der Waals surface area contributed by atoms with E-state index in [0.717, 1.165) is 11.5 Å². The lowest BCUT2D eigenvalue weighted by Crippen LogP contribution is -1.95. The summed E-state index contributed by atoms with van der Waals surface area (Å²) in [5.41, 5.74) is 0. The van der Waals surface area contributed by atoms with Crippen molar-refractivity contribution in [3.05, 3.63) is 41.0 Å². The van der Waals surface area contributed by atoms with E-state index >= 15 is 0 Å². The van der Waals surface area contributed by atoms with Crippen LogP contribution in [0.1, 0.15) is 5.89 Å². The van der Waals surface area contributed by atoms with Crippen molar-refractivity contribution in [2.24, 2.45) is 0 Å². The highest BCUT2D eigenvalue weighted by Crippen LogP contribution is 2.18. The third-order valence-corrected chi connectivity index (χ3v) is 2.31. The second kappa shape index (κ2) is 5.03. The lowest BCUT2D eigenvalue weighted by molar-refractivity contribution is 0.260. The molecule has 0 amide bonds. The summed E-state index contributed by atoms with van der Waals surface area (Å²) in [5, 5.41) is 0. The molecule has 4 nitrogen and oxygen atoms in total. The first-order valence-electron chi connectivity index (χ1n) is 4.65. The molecule has 0 saturated heterocycles. The van der Waals surface area contributed by atoms with Gasteiger partial charge in [-0.2, -0.15) is 0 Å². The molecule has 0 N–H and O–H groups in total. The van der Waals surface area contributed by atoms with E-state index in [2.05, 4.69) is 20.9 Å². The molecule has 2 aromatic rings. The highest BCUT2D eigenvalue weighted by atomic mass is 79.9. The van der Waals surface area contributed by atoms with Gasteiger partial charge in [-0.1, -0.05) is 0 Å². The van der Waals surface area contributed by atoms with Crippen LogP contribution in [0.4, 0.5) is 0 Å². The maximum absolute atomic E-state index is 5.47. The van der Waals surface area contributed by atoms with Gasteiger partial charge in [0.2, 0.25) is 5.89 Å². The van der Waals surface area contributed by atoms with Gasteiger partial charge in [0.25, 0.3) is 0 Å². The van der Waals surface area contributed by atoms with E-state index in [1.807, 2.05) is 24.3 Å². The molecule has 0 bridgehead atoms. The van der Waals surface area contributed by atoms with E-state index in [4.69, 9.17) is 13.9 Å². The van der Waals surface area contributed by atoms with Crippen LogP contribution in [-0.4, -0.2) is 12.1 Å². The number of hydrogen-bond acceptors (Lipinski definition) is 4. The Morgan fingerprint density at radius 3 is 2.50 bits per heavy atom. The number of halogens is 1. The Balaban J connectivity index is 1.94. The van der Waals surface area contributed by atoms with E-state index in [0.29, 0.717) is 17.2 Å². The molecule has 0 radical (unpaired) electrons. The summed E-state index contributed by atoms with van der Waals surface area (Å²) in [5.74, 6) is 2.07. The fraction of sp³-hybridized carbons (Fsp3) is 0.182. The molecule has 2 rings (SSSR count). The molecule has 1 aromatic carbocycles. The second-order valence-electron chi connectivity index (χ2n) is 3.02. The molecular weight excluding hydrogens is 274 g/mol. The molecule has 5 heteroatoms. The molecule has 0 aliphatic rings. The number of ether oxygens (including phenoxy) is 2. The number of hydrogen-bond donors (Lipinski definition) is 0. The van der Waals surface area contributed by atoms with E-state index in [9.17, 15) is 0 Å². The van der Waals surface area contributed by atoms with Gasteiger partial charge in [-0.05, 0) is 40.2 Å². The van der Waals surface area contributed by atoms with Crippen molar-refractivity contribution in [2.45, 2.75) is 6.61 Å². The van der Waals surface area contributed by atoms with E-state index in [1.165, 1.54) is 0 Å². The summed E-state index contributed by atoms with van der Waals surface area (Å²) in [6.07, 6.45) is 1.59. The summed E-state index contributed by atoms with van der Waals surface area (Å²) in [7, 11) is 1.63. The molecule has 0 fully saturated rings. The van der Waals surface area contributed by atoms with Crippen LogP contribution in [0.5, 0.6) is 11.5 Å². The number of rotatable bonds is 4. The largest absolute Gasteiger partial charge is 0.497 e. The summed E-state index contributed by atoms with van der Waals surface area (Å²) in [4.78, 5) is 4.00. The minimum atomic E-state index is 0.304. The van der Waals surface area contributed by atoms with E-state index in [1.54, 1.807) is 13.3 Å². The van der Waals surface area contributed by atoms with Crippen molar-refractivity contribution in [3.63, 3.8) is 0 Å². The average Bonchev–Trinajstić information content (AvgIpc) is 2.73. The minimum Gasteiger partial charge on any atom is -0.497 e. The van der Waals surface area contributed by atoms with Crippen molar-refractivity contribution < 1.29 is 13.9 Å². The minimum absolute atomic E-state index is 0.304. The molecule has 0 atom stereocenters. The predicted octanol–water partition coefficient (Wildman–Crippen LogP) is 3.02. The Morgan fingerprint density at radius 1 is 1.25 bits per heavy atom. The van der Waals surface area contributed by atoms with Crippen LogP contribution in [0.3, 0.4) is 0 Å². The lowest BCUT2D eigenvalue weighted by Gasteiger charge is -2.04. The molecule has 0 aliphatic heterocycles. The Morgan fingerprint density at radius 2 is 1.94 bits per heavy atom. The van der Waals surface area contributed by atoms with Gasteiger partial charge in [0.15, 0.2) is 11.3 Å². The standard InChI is InChI=1S/C11H10BrNO3/c1-14-8-2-4-9(5-3-8)15-7-11-13-6-10(12)16-11/h2-6H,7H2,1H3. The number of methoxy groups -OCH3 is 1. The quantitative estimate of drug-likeness (QED) is 0.865. The Labute approximate surface area is 101 Å². The number of aromatic nitrogens is 1. The van der Waals surface area contributed by atoms with Gasteiger partial charge >= 0.3 is 0 Å². The normalized spacial score (nSPS) is 10.1. The second-order valence-corrected chi connectivity index (χ2v) is 3.80. The zero-order valence-corrected chi connectivity index (χ0v) is 10.2. The van der Waals surface area contributed by atoms with Crippen LogP contribution in [0.15, 0.2) is 39.5 Å². The van der Waals surface area contributed by atoms with Crippen LogP contribution in [0.25, 0.3) is 0 Å². The van der Waals surface area contributed by atoms with Crippen molar-refractivity contribution >= 4 is 15.9 Å². The topological polar surface area (TPSA) is 44.5 Å². The highest BCUT2D eigenvalue weighted by Gasteiger charge is 2.02. The SMILES string of the molecule is COc1ccc(OCc2ncc(Br)o2)cc1. The fourth-order valence-electron chi connectivity index (χ4n) is 1.17. The maximum Gasteiger partial charge on any atom is 0.233 e. The fourth-order valence-corrected chi connectivity index (χ4v) is 1.46. The van der Waals surface area contributed by atoms with Crippen molar-refractivity contribution in [2.75, 3.05) is 7.11 Å². The zero-order valence-electron chi connectivity index (χ0n) is 8.64.